The lowest BCUT2D eigenvalue weighted by molar-refractivity contribution is 0.0540. The predicted molar refractivity (Wildman–Crippen MR) is 77.4 cm³/mol. The molecule has 1 rings (SSSR count). The quantitative estimate of drug-likeness (QED) is 0.698. The summed E-state index contributed by atoms with van der Waals surface area (Å²) in [5, 5.41) is 3.40. The first-order valence-electron chi connectivity index (χ1n) is 6.98. The number of rotatable bonds is 9. The number of hydrogen-bond acceptors (Lipinski definition) is 4. The lowest BCUT2D eigenvalue weighted by Crippen LogP contribution is -2.20. The van der Waals surface area contributed by atoms with Gasteiger partial charge >= 0.3 is 0 Å². The topological polar surface area (TPSA) is 43.4 Å². The number of ether oxygens (including phenoxy) is 2. The minimum atomic E-state index is 0.236. The molecule has 4 heteroatoms. The van der Waals surface area contributed by atoms with Crippen LogP contribution in [-0.2, 0) is 11.3 Å². The summed E-state index contributed by atoms with van der Waals surface area (Å²) in [6.45, 7) is 11.3. The van der Waals surface area contributed by atoms with E-state index in [0.717, 1.165) is 18.7 Å². The first-order chi connectivity index (χ1) is 9.09. The Hall–Kier alpha value is -1.13. The van der Waals surface area contributed by atoms with Crippen LogP contribution in [0.4, 0.5) is 0 Å². The molecular formula is C15H26N2O2. The molecule has 1 aromatic heterocycles. The molecule has 4 nitrogen and oxygen atoms in total. The van der Waals surface area contributed by atoms with E-state index in [0.29, 0.717) is 25.0 Å². The monoisotopic (exact) mass is 266 g/mol. The Morgan fingerprint density at radius 3 is 2.68 bits per heavy atom. The largest absolute Gasteiger partial charge is 0.475 e. The van der Waals surface area contributed by atoms with E-state index in [-0.39, 0.29) is 6.10 Å². The third-order valence-corrected chi connectivity index (χ3v) is 2.49. The van der Waals surface area contributed by atoms with Gasteiger partial charge in [0.1, 0.15) is 6.61 Å². The molecule has 0 amide bonds. The van der Waals surface area contributed by atoms with Crippen LogP contribution >= 0.6 is 0 Å². The third kappa shape index (κ3) is 7.13. The fourth-order valence-corrected chi connectivity index (χ4v) is 1.61. The molecule has 0 bridgehead atoms. The Balaban J connectivity index is 2.39. The fourth-order valence-electron chi connectivity index (χ4n) is 1.61. The Bertz CT molecular complexity index is 354. The van der Waals surface area contributed by atoms with Gasteiger partial charge in [-0.2, -0.15) is 0 Å². The molecule has 19 heavy (non-hydrogen) atoms. The highest BCUT2D eigenvalue weighted by Gasteiger charge is 2.05. The zero-order valence-electron chi connectivity index (χ0n) is 12.5. The highest BCUT2D eigenvalue weighted by atomic mass is 16.5. The van der Waals surface area contributed by atoms with Gasteiger partial charge in [0, 0.05) is 18.3 Å². The minimum absolute atomic E-state index is 0.236. The van der Waals surface area contributed by atoms with E-state index >= 15 is 0 Å². The highest BCUT2D eigenvalue weighted by Crippen LogP contribution is 2.14. The van der Waals surface area contributed by atoms with Crippen molar-refractivity contribution in [3.8, 4) is 5.88 Å². The van der Waals surface area contributed by atoms with Crippen molar-refractivity contribution in [2.45, 2.75) is 40.3 Å². The summed E-state index contributed by atoms with van der Waals surface area (Å²) >= 11 is 0. The molecular weight excluding hydrogens is 240 g/mol. The van der Waals surface area contributed by atoms with Gasteiger partial charge in [-0.1, -0.05) is 19.9 Å². The van der Waals surface area contributed by atoms with Crippen LogP contribution in [0.2, 0.25) is 0 Å². The first kappa shape index (κ1) is 15.9. The molecule has 0 saturated heterocycles. The summed E-state index contributed by atoms with van der Waals surface area (Å²) in [5.41, 5.74) is 1.09. The predicted octanol–water partition coefficient (Wildman–Crippen LogP) is 2.63. The Labute approximate surface area is 116 Å². The summed E-state index contributed by atoms with van der Waals surface area (Å²) in [7, 11) is 0. The molecule has 0 aliphatic rings. The molecule has 1 heterocycles. The summed E-state index contributed by atoms with van der Waals surface area (Å²) in [6.07, 6.45) is 1.99. The first-order valence-corrected chi connectivity index (χ1v) is 6.98. The molecule has 0 atom stereocenters. The van der Waals surface area contributed by atoms with Crippen molar-refractivity contribution in [2.75, 3.05) is 19.8 Å². The van der Waals surface area contributed by atoms with E-state index in [2.05, 4.69) is 24.1 Å². The Morgan fingerprint density at radius 2 is 2.00 bits per heavy atom. The van der Waals surface area contributed by atoms with Gasteiger partial charge in [-0.15, -0.1) is 0 Å². The number of aromatic nitrogens is 1. The van der Waals surface area contributed by atoms with Crippen molar-refractivity contribution in [3.63, 3.8) is 0 Å². The molecule has 0 radical (unpaired) electrons. The van der Waals surface area contributed by atoms with Gasteiger partial charge in [0.05, 0.1) is 12.7 Å². The van der Waals surface area contributed by atoms with Crippen LogP contribution in [0.5, 0.6) is 5.88 Å². The molecule has 0 fully saturated rings. The van der Waals surface area contributed by atoms with E-state index < -0.39 is 0 Å². The normalized spacial score (nSPS) is 11.3. The second-order valence-corrected chi connectivity index (χ2v) is 5.26. The lowest BCUT2D eigenvalue weighted by atomic mass is 10.2. The van der Waals surface area contributed by atoms with Crippen LogP contribution in [-0.4, -0.2) is 30.8 Å². The smallest absolute Gasteiger partial charge is 0.217 e. The van der Waals surface area contributed by atoms with Crippen LogP contribution in [0.25, 0.3) is 0 Å². The summed E-state index contributed by atoms with van der Waals surface area (Å²) in [4.78, 5) is 4.28. The van der Waals surface area contributed by atoms with Crippen molar-refractivity contribution in [1.29, 1.82) is 0 Å². The molecule has 0 aliphatic heterocycles. The number of pyridine rings is 1. The van der Waals surface area contributed by atoms with Crippen LogP contribution in [0.1, 0.15) is 33.3 Å². The molecule has 0 spiro atoms. The molecule has 0 saturated carbocycles. The second-order valence-electron chi connectivity index (χ2n) is 5.26. The SMILES string of the molecule is CC(C)CNCc1cccnc1OCCOC(C)C. The Kier molecular flexibility index (Phi) is 7.45. The molecule has 1 aromatic rings. The minimum Gasteiger partial charge on any atom is -0.475 e. The fraction of sp³-hybridized carbons (Fsp3) is 0.667. The van der Waals surface area contributed by atoms with E-state index in [9.17, 15) is 0 Å². The van der Waals surface area contributed by atoms with Crippen molar-refractivity contribution in [3.05, 3.63) is 23.9 Å². The van der Waals surface area contributed by atoms with Crippen LogP contribution in [0, 0.1) is 5.92 Å². The van der Waals surface area contributed by atoms with Gasteiger partial charge in [0.25, 0.3) is 0 Å². The zero-order valence-corrected chi connectivity index (χ0v) is 12.5. The van der Waals surface area contributed by atoms with Crippen molar-refractivity contribution >= 4 is 0 Å². The van der Waals surface area contributed by atoms with Crippen molar-refractivity contribution < 1.29 is 9.47 Å². The lowest BCUT2D eigenvalue weighted by Gasteiger charge is -2.13. The van der Waals surface area contributed by atoms with Gasteiger partial charge in [-0.25, -0.2) is 4.98 Å². The molecule has 0 aliphatic carbocycles. The molecule has 108 valence electrons. The van der Waals surface area contributed by atoms with Gasteiger partial charge in [0.15, 0.2) is 0 Å². The van der Waals surface area contributed by atoms with Crippen molar-refractivity contribution in [1.82, 2.24) is 10.3 Å². The summed E-state index contributed by atoms with van der Waals surface area (Å²) < 4.78 is 11.1. The standard InChI is InChI=1S/C15H26N2O2/c1-12(2)10-16-11-14-6-5-7-17-15(14)19-9-8-18-13(3)4/h5-7,12-13,16H,8-11H2,1-4H3. The maximum Gasteiger partial charge on any atom is 0.217 e. The Morgan fingerprint density at radius 1 is 1.21 bits per heavy atom. The number of hydrogen-bond donors (Lipinski definition) is 1. The van der Waals surface area contributed by atoms with Gasteiger partial charge < -0.3 is 14.8 Å². The van der Waals surface area contributed by atoms with E-state index in [1.807, 2.05) is 26.0 Å². The summed E-state index contributed by atoms with van der Waals surface area (Å²) in [6, 6.07) is 3.98. The maximum absolute atomic E-state index is 5.67. The van der Waals surface area contributed by atoms with E-state index in [4.69, 9.17) is 9.47 Å². The molecule has 0 aromatic carbocycles. The van der Waals surface area contributed by atoms with Crippen molar-refractivity contribution in [2.24, 2.45) is 5.92 Å². The van der Waals surface area contributed by atoms with Crippen LogP contribution in [0.3, 0.4) is 0 Å². The molecule has 1 N–H and O–H groups in total. The molecule has 0 unspecified atom stereocenters. The van der Waals surface area contributed by atoms with E-state index in [1.54, 1.807) is 6.20 Å². The third-order valence-electron chi connectivity index (χ3n) is 2.49. The average molecular weight is 266 g/mol. The van der Waals surface area contributed by atoms with Gasteiger partial charge in [0.2, 0.25) is 5.88 Å². The van der Waals surface area contributed by atoms with Gasteiger partial charge in [-0.05, 0) is 32.4 Å². The van der Waals surface area contributed by atoms with E-state index in [1.165, 1.54) is 0 Å². The van der Waals surface area contributed by atoms with Crippen LogP contribution < -0.4 is 10.1 Å². The average Bonchev–Trinajstić information content (AvgIpc) is 2.35. The van der Waals surface area contributed by atoms with Gasteiger partial charge in [-0.3, -0.25) is 0 Å². The number of nitrogens with zero attached hydrogens (tertiary/aromatic N) is 1. The maximum atomic E-state index is 5.67. The highest BCUT2D eigenvalue weighted by molar-refractivity contribution is 5.25. The summed E-state index contributed by atoms with van der Waals surface area (Å²) in [5.74, 6) is 1.34. The number of nitrogens with one attached hydrogen (secondary N) is 1. The second kappa shape index (κ2) is 8.88. The zero-order chi connectivity index (χ0) is 14.1. The van der Waals surface area contributed by atoms with Crippen LogP contribution in [0.15, 0.2) is 18.3 Å².